The van der Waals surface area contributed by atoms with Crippen molar-refractivity contribution in [3.63, 3.8) is 0 Å². The number of aryl methyl sites for hydroxylation is 1. The summed E-state index contributed by atoms with van der Waals surface area (Å²) >= 11 is 0. The molecule has 1 N–H and O–H groups in total. The summed E-state index contributed by atoms with van der Waals surface area (Å²) in [6, 6.07) is 10.3. The summed E-state index contributed by atoms with van der Waals surface area (Å²) in [5.41, 5.74) is 1.35. The number of hydrogen-bond acceptors (Lipinski definition) is 3. The van der Waals surface area contributed by atoms with E-state index in [0.717, 1.165) is 11.3 Å². The van der Waals surface area contributed by atoms with Gasteiger partial charge in [0.1, 0.15) is 12.3 Å². The number of benzene rings is 1. The molecule has 0 aliphatic carbocycles. The third-order valence-electron chi connectivity index (χ3n) is 2.84. The van der Waals surface area contributed by atoms with Gasteiger partial charge in [-0.05, 0) is 42.8 Å². The van der Waals surface area contributed by atoms with E-state index in [4.69, 9.17) is 4.74 Å². The minimum atomic E-state index is -0.249. The predicted molar refractivity (Wildman–Crippen MR) is 77.1 cm³/mol. The summed E-state index contributed by atoms with van der Waals surface area (Å²) in [5, 5.41) is 2.73. The highest BCUT2D eigenvalue weighted by molar-refractivity contribution is 5.90. The van der Waals surface area contributed by atoms with E-state index in [0.29, 0.717) is 5.69 Å². The Morgan fingerprint density at radius 2 is 1.95 bits per heavy atom. The second kappa shape index (κ2) is 6.06. The van der Waals surface area contributed by atoms with Crippen LogP contribution in [0, 0.1) is 6.92 Å². The molecule has 20 heavy (non-hydrogen) atoms. The zero-order chi connectivity index (χ0) is 14.5. The number of ether oxygens (including phenoxy) is 1. The van der Waals surface area contributed by atoms with Gasteiger partial charge in [-0.1, -0.05) is 0 Å². The van der Waals surface area contributed by atoms with Crippen molar-refractivity contribution in [3.8, 4) is 5.75 Å². The van der Waals surface area contributed by atoms with Gasteiger partial charge in [-0.15, -0.1) is 0 Å². The second-order valence-corrected chi connectivity index (χ2v) is 4.45. The smallest absolute Gasteiger partial charge is 0.251 e. The second-order valence-electron chi connectivity index (χ2n) is 4.45. The Bertz CT molecular complexity index is 660. The van der Waals surface area contributed by atoms with E-state index in [1.54, 1.807) is 43.6 Å². The van der Waals surface area contributed by atoms with Crippen LogP contribution in [0.3, 0.4) is 0 Å². The minimum absolute atomic E-state index is 0.00879. The van der Waals surface area contributed by atoms with Gasteiger partial charge in [0.15, 0.2) is 0 Å². The monoisotopic (exact) mass is 272 g/mol. The third-order valence-corrected chi connectivity index (χ3v) is 2.84. The van der Waals surface area contributed by atoms with E-state index in [9.17, 15) is 9.59 Å². The Balaban J connectivity index is 2.03. The summed E-state index contributed by atoms with van der Waals surface area (Å²) < 4.78 is 6.41. The zero-order valence-corrected chi connectivity index (χ0v) is 11.4. The number of aromatic nitrogens is 1. The largest absolute Gasteiger partial charge is 0.497 e. The lowest BCUT2D eigenvalue weighted by Crippen LogP contribution is -2.26. The van der Waals surface area contributed by atoms with Crippen molar-refractivity contribution in [3.05, 3.63) is 58.5 Å². The van der Waals surface area contributed by atoms with E-state index in [1.165, 1.54) is 10.6 Å². The number of amides is 1. The van der Waals surface area contributed by atoms with Crippen LogP contribution in [-0.4, -0.2) is 17.6 Å². The fraction of sp³-hybridized carbons (Fsp3) is 0.200. The number of nitrogens with one attached hydrogen (secondary N) is 1. The van der Waals surface area contributed by atoms with Crippen molar-refractivity contribution >= 4 is 11.6 Å². The van der Waals surface area contributed by atoms with Gasteiger partial charge in [0.2, 0.25) is 5.91 Å². The topological polar surface area (TPSA) is 60.3 Å². The number of rotatable bonds is 4. The Hall–Kier alpha value is -2.56. The molecule has 0 unspecified atom stereocenters. The maximum absolute atomic E-state index is 11.9. The Morgan fingerprint density at radius 1 is 1.25 bits per heavy atom. The lowest BCUT2D eigenvalue weighted by Gasteiger charge is -2.08. The van der Waals surface area contributed by atoms with E-state index >= 15 is 0 Å². The molecule has 0 atom stereocenters. The van der Waals surface area contributed by atoms with Crippen molar-refractivity contribution in [2.24, 2.45) is 0 Å². The van der Waals surface area contributed by atoms with Crippen LogP contribution in [0.4, 0.5) is 5.69 Å². The first-order valence-electron chi connectivity index (χ1n) is 6.19. The van der Waals surface area contributed by atoms with Gasteiger partial charge >= 0.3 is 0 Å². The number of hydrogen-bond donors (Lipinski definition) is 1. The van der Waals surface area contributed by atoms with Crippen LogP contribution in [0.2, 0.25) is 0 Å². The van der Waals surface area contributed by atoms with Crippen molar-refractivity contribution in [1.29, 1.82) is 0 Å². The number of pyridine rings is 1. The molecule has 0 saturated carbocycles. The van der Waals surface area contributed by atoms with Crippen molar-refractivity contribution < 1.29 is 9.53 Å². The molecule has 5 nitrogen and oxygen atoms in total. The van der Waals surface area contributed by atoms with Crippen LogP contribution in [0.1, 0.15) is 5.56 Å². The van der Waals surface area contributed by atoms with E-state index in [2.05, 4.69) is 5.32 Å². The van der Waals surface area contributed by atoms with Gasteiger partial charge in [0.05, 0.1) is 7.11 Å². The average Bonchev–Trinajstić information content (AvgIpc) is 2.43. The molecule has 0 aliphatic heterocycles. The molecule has 0 bridgehead atoms. The Kier molecular flexibility index (Phi) is 4.20. The maximum atomic E-state index is 11.9. The first kappa shape index (κ1) is 13.9. The zero-order valence-electron chi connectivity index (χ0n) is 11.4. The summed E-state index contributed by atoms with van der Waals surface area (Å²) in [4.78, 5) is 23.5. The first-order chi connectivity index (χ1) is 9.58. The van der Waals surface area contributed by atoms with Crippen molar-refractivity contribution in [2.75, 3.05) is 12.4 Å². The number of nitrogens with zero attached hydrogens (tertiary/aromatic N) is 1. The molecule has 0 aliphatic rings. The molecule has 5 heteroatoms. The van der Waals surface area contributed by atoms with Crippen LogP contribution in [0.15, 0.2) is 47.4 Å². The van der Waals surface area contributed by atoms with Crippen LogP contribution in [0.5, 0.6) is 5.75 Å². The summed E-state index contributed by atoms with van der Waals surface area (Å²) in [6.07, 6.45) is 1.62. The number of carbonyl (C=O) groups is 1. The van der Waals surface area contributed by atoms with Gasteiger partial charge in [0, 0.05) is 18.0 Å². The van der Waals surface area contributed by atoms with Crippen LogP contribution in [-0.2, 0) is 11.3 Å². The summed E-state index contributed by atoms with van der Waals surface area (Å²) in [5.74, 6) is 0.471. The number of carbonyl (C=O) groups excluding carboxylic acids is 1. The van der Waals surface area contributed by atoms with Crippen LogP contribution in [0.25, 0.3) is 0 Å². The first-order valence-corrected chi connectivity index (χ1v) is 6.19. The lowest BCUT2D eigenvalue weighted by molar-refractivity contribution is -0.116. The van der Waals surface area contributed by atoms with E-state index in [-0.39, 0.29) is 18.0 Å². The molecule has 0 saturated heterocycles. The molecule has 1 aromatic carbocycles. The molecular weight excluding hydrogens is 256 g/mol. The normalized spacial score (nSPS) is 10.1. The molecule has 0 fully saturated rings. The van der Waals surface area contributed by atoms with Crippen molar-refractivity contribution in [1.82, 2.24) is 4.57 Å². The van der Waals surface area contributed by atoms with Crippen molar-refractivity contribution in [2.45, 2.75) is 13.5 Å². The predicted octanol–water partition coefficient (Wildman–Crippen LogP) is 1.80. The van der Waals surface area contributed by atoms with E-state index in [1.807, 2.05) is 6.92 Å². The Labute approximate surface area is 116 Å². The number of methoxy groups -OCH3 is 1. The van der Waals surface area contributed by atoms with Gasteiger partial charge in [-0.2, -0.15) is 0 Å². The molecule has 2 rings (SSSR count). The highest BCUT2D eigenvalue weighted by atomic mass is 16.5. The SMILES string of the molecule is COc1ccc(NC(=O)Cn2ccc(C)cc2=O)cc1. The lowest BCUT2D eigenvalue weighted by atomic mass is 10.3. The molecule has 1 amide bonds. The number of anilines is 1. The standard InChI is InChI=1S/C15H16N2O3/c1-11-7-8-17(15(19)9-11)10-14(18)16-12-3-5-13(20-2)6-4-12/h3-9H,10H2,1-2H3,(H,16,18). The molecule has 1 heterocycles. The van der Waals surface area contributed by atoms with Gasteiger partial charge in [-0.25, -0.2) is 0 Å². The highest BCUT2D eigenvalue weighted by Crippen LogP contribution is 2.14. The molecular formula is C15H16N2O3. The maximum Gasteiger partial charge on any atom is 0.251 e. The third kappa shape index (κ3) is 3.47. The highest BCUT2D eigenvalue weighted by Gasteiger charge is 2.05. The van der Waals surface area contributed by atoms with Gasteiger partial charge in [-0.3, -0.25) is 9.59 Å². The van der Waals surface area contributed by atoms with E-state index < -0.39 is 0 Å². The van der Waals surface area contributed by atoms with Crippen LogP contribution >= 0.6 is 0 Å². The van der Waals surface area contributed by atoms with Gasteiger partial charge in [0.25, 0.3) is 5.56 Å². The molecule has 0 radical (unpaired) electrons. The summed E-state index contributed by atoms with van der Waals surface area (Å²) in [6.45, 7) is 1.83. The van der Waals surface area contributed by atoms with Gasteiger partial charge < -0.3 is 14.6 Å². The Morgan fingerprint density at radius 3 is 2.55 bits per heavy atom. The fourth-order valence-electron chi connectivity index (χ4n) is 1.77. The molecule has 104 valence electrons. The fourth-order valence-corrected chi connectivity index (χ4v) is 1.77. The summed E-state index contributed by atoms with van der Waals surface area (Å²) in [7, 11) is 1.58. The molecule has 1 aromatic heterocycles. The molecule has 2 aromatic rings. The quantitative estimate of drug-likeness (QED) is 0.923. The average molecular weight is 272 g/mol. The molecule has 0 spiro atoms. The minimum Gasteiger partial charge on any atom is -0.497 e. The van der Waals surface area contributed by atoms with Crippen LogP contribution < -0.4 is 15.6 Å².